The van der Waals surface area contributed by atoms with Gasteiger partial charge in [-0.2, -0.15) is 0 Å². The van der Waals surface area contributed by atoms with E-state index < -0.39 is 5.97 Å². The normalized spacial score (nSPS) is 16.8. The highest BCUT2D eigenvalue weighted by atomic mass is 16.4. The Labute approximate surface area is 124 Å². The Balaban J connectivity index is 2.02. The summed E-state index contributed by atoms with van der Waals surface area (Å²) in [5.41, 5.74) is 0.689. The van der Waals surface area contributed by atoms with Gasteiger partial charge >= 0.3 is 12.0 Å². The first-order valence-electron chi connectivity index (χ1n) is 7.24. The van der Waals surface area contributed by atoms with Gasteiger partial charge in [0.15, 0.2) is 0 Å². The zero-order valence-corrected chi connectivity index (χ0v) is 12.4. The summed E-state index contributed by atoms with van der Waals surface area (Å²) in [4.78, 5) is 28.8. The number of carbonyl (C=O) groups excluding carboxylic acids is 1. The Morgan fingerprint density at radius 2 is 2.10 bits per heavy atom. The van der Waals surface area contributed by atoms with Gasteiger partial charge in [-0.1, -0.05) is 13.8 Å². The molecule has 1 aromatic heterocycles. The first-order valence-corrected chi connectivity index (χ1v) is 7.24. The van der Waals surface area contributed by atoms with Crippen molar-refractivity contribution in [1.82, 2.24) is 9.88 Å². The predicted molar refractivity (Wildman–Crippen MR) is 79.4 cm³/mol. The molecule has 0 saturated carbocycles. The highest BCUT2D eigenvalue weighted by Crippen LogP contribution is 2.37. The van der Waals surface area contributed by atoms with Crippen LogP contribution in [-0.4, -0.2) is 40.1 Å². The van der Waals surface area contributed by atoms with Gasteiger partial charge in [0.25, 0.3) is 0 Å². The summed E-state index contributed by atoms with van der Waals surface area (Å²) in [5.74, 6) is -1.06. The summed E-state index contributed by atoms with van der Waals surface area (Å²) in [6.45, 7) is 5.80. The third-order valence-corrected chi connectivity index (χ3v) is 4.46. The Hall–Kier alpha value is -2.11. The minimum atomic E-state index is -1.06. The molecule has 1 fully saturated rings. The van der Waals surface area contributed by atoms with E-state index in [0.717, 1.165) is 32.4 Å². The van der Waals surface area contributed by atoms with E-state index in [1.54, 1.807) is 4.90 Å². The van der Waals surface area contributed by atoms with Crippen molar-refractivity contribution < 1.29 is 14.7 Å². The Morgan fingerprint density at radius 1 is 1.38 bits per heavy atom. The fourth-order valence-electron chi connectivity index (χ4n) is 2.76. The molecular weight excluding hydrogens is 270 g/mol. The molecule has 2 N–H and O–H groups in total. The summed E-state index contributed by atoms with van der Waals surface area (Å²) in [5, 5.41) is 11.7. The average molecular weight is 291 g/mol. The maximum absolute atomic E-state index is 12.3. The van der Waals surface area contributed by atoms with E-state index in [2.05, 4.69) is 24.1 Å². The van der Waals surface area contributed by atoms with E-state index >= 15 is 0 Å². The van der Waals surface area contributed by atoms with Gasteiger partial charge in [0, 0.05) is 19.3 Å². The summed E-state index contributed by atoms with van der Waals surface area (Å²) < 4.78 is 0. The summed E-state index contributed by atoms with van der Waals surface area (Å²) >= 11 is 0. The molecule has 1 saturated heterocycles. The number of amides is 2. The van der Waals surface area contributed by atoms with Gasteiger partial charge in [-0.15, -0.1) is 0 Å². The second-order valence-electron chi connectivity index (χ2n) is 5.58. The number of carbonyl (C=O) groups is 2. The molecular formula is C15H21N3O3. The number of nitrogens with zero attached hydrogens (tertiary/aromatic N) is 2. The maximum Gasteiger partial charge on any atom is 0.337 e. The van der Waals surface area contributed by atoms with E-state index in [1.807, 2.05) is 0 Å². The molecule has 0 aromatic carbocycles. The van der Waals surface area contributed by atoms with Gasteiger partial charge in [-0.3, -0.25) is 4.98 Å². The number of carboxylic acid groups (broad SMARTS) is 1. The van der Waals surface area contributed by atoms with Crippen LogP contribution in [-0.2, 0) is 0 Å². The predicted octanol–water partition coefficient (Wildman–Crippen LogP) is 2.82. The number of carboxylic acids is 1. The van der Waals surface area contributed by atoms with Crippen molar-refractivity contribution in [3.63, 3.8) is 0 Å². The fourth-order valence-corrected chi connectivity index (χ4v) is 2.76. The Morgan fingerprint density at radius 3 is 2.67 bits per heavy atom. The van der Waals surface area contributed by atoms with E-state index in [9.17, 15) is 9.59 Å². The standard InChI is InChI=1S/C15H21N3O3/c1-3-15(4-2)5-6-18(10-15)14(21)17-12-7-11(13(19)20)8-16-9-12/h7-9H,3-6,10H2,1-2H3,(H,17,21)(H,19,20). The lowest BCUT2D eigenvalue weighted by Crippen LogP contribution is -2.35. The van der Waals surface area contributed by atoms with Crippen LogP contribution in [0, 0.1) is 5.41 Å². The molecule has 2 amide bonds. The molecule has 1 aliphatic rings. The van der Waals surface area contributed by atoms with E-state index in [4.69, 9.17) is 5.11 Å². The van der Waals surface area contributed by atoms with Crippen LogP contribution in [0.4, 0.5) is 10.5 Å². The molecule has 0 atom stereocenters. The largest absolute Gasteiger partial charge is 0.478 e. The highest BCUT2D eigenvalue weighted by Gasteiger charge is 2.37. The van der Waals surface area contributed by atoms with Crippen LogP contribution >= 0.6 is 0 Å². The molecule has 0 unspecified atom stereocenters. The van der Waals surface area contributed by atoms with Crippen molar-refractivity contribution in [2.24, 2.45) is 5.41 Å². The molecule has 21 heavy (non-hydrogen) atoms. The lowest BCUT2D eigenvalue weighted by atomic mass is 9.82. The number of aromatic carboxylic acids is 1. The van der Waals surface area contributed by atoms with Crippen LogP contribution in [0.1, 0.15) is 43.5 Å². The topological polar surface area (TPSA) is 82.5 Å². The van der Waals surface area contributed by atoms with Crippen LogP contribution in [0.2, 0.25) is 0 Å². The molecule has 0 radical (unpaired) electrons. The Bertz CT molecular complexity index is 541. The van der Waals surface area contributed by atoms with Gasteiger partial charge in [0.05, 0.1) is 17.4 Å². The maximum atomic E-state index is 12.3. The smallest absolute Gasteiger partial charge is 0.337 e. The van der Waals surface area contributed by atoms with E-state index in [1.165, 1.54) is 18.5 Å². The number of hydrogen-bond acceptors (Lipinski definition) is 3. The second kappa shape index (κ2) is 6.11. The third-order valence-electron chi connectivity index (χ3n) is 4.46. The van der Waals surface area contributed by atoms with Crippen LogP contribution < -0.4 is 5.32 Å². The number of likely N-dealkylation sites (tertiary alicyclic amines) is 1. The highest BCUT2D eigenvalue weighted by molar-refractivity contribution is 5.92. The fraction of sp³-hybridized carbons (Fsp3) is 0.533. The van der Waals surface area contributed by atoms with E-state index in [-0.39, 0.29) is 17.0 Å². The van der Waals surface area contributed by atoms with Crippen molar-refractivity contribution in [2.75, 3.05) is 18.4 Å². The van der Waals surface area contributed by atoms with Crippen molar-refractivity contribution in [3.8, 4) is 0 Å². The van der Waals surface area contributed by atoms with Gasteiger partial charge in [-0.05, 0) is 30.7 Å². The molecule has 6 nitrogen and oxygen atoms in total. The minimum absolute atomic E-state index is 0.0608. The van der Waals surface area contributed by atoms with Gasteiger partial charge in [-0.25, -0.2) is 9.59 Å². The quantitative estimate of drug-likeness (QED) is 0.893. The van der Waals surface area contributed by atoms with Crippen LogP contribution in [0.3, 0.4) is 0 Å². The van der Waals surface area contributed by atoms with Crippen LogP contribution in [0.25, 0.3) is 0 Å². The summed E-state index contributed by atoms with van der Waals surface area (Å²) in [7, 11) is 0. The van der Waals surface area contributed by atoms with Gasteiger partial charge < -0.3 is 15.3 Å². The summed E-state index contributed by atoms with van der Waals surface area (Å²) in [6.07, 6.45) is 5.84. The number of urea groups is 1. The SMILES string of the molecule is CCC1(CC)CCN(C(=O)Nc2cncc(C(=O)O)c2)C1. The number of nitrogens with one attached hydrogen (secondary N) is 1. The molecule has 0 bridgehead atoms. The van der Waals surface area contributed by atoms with E-state index in [0.29, 0.717) is 5.69 Å². The zero-order chi connectivity index (χ0) is 15.5. The summed E-state index contributed by atoms with van der Waals surface area (Å²) in [6, 6.07) is 1.22. The van der Waals surface area contributed by atoms with Crippen molar-refractivity contribution in [3.05, 3.63) is 24.0 Å². The molecule has 2 heterocycles. The number of aromatic nitrogens is 1. The lowest BCUT2D eigenvalue weighted by Gasteiger charge is -2.26. The number of anilines is 1. The molecule has 2 rings (SSSR count). The molecule has 0 aliphatic carbocycles. The van der Waals surface area contributed by atoms with Crippen molar-refractivity contribution in [2.45, 2.75) is 33.1 Å². The molecule has 0 spiro atoms. The minimum Gasteiger partial charge on any atom is -0.478 e. The first kappa shape index (κ1) is 15.3. The molecule has 1 aliphatic heterocycles. The molecule has 6 heteroatoms. The van der Waals surface area contributed by atoms with Crippen LogP contribution in [0.5, 0.6) is 0 Å². The van der Waals surface area contributed by atoms with Gasteiger partial charge in [0.2, 0.25) is 0 Å². The lowest BCUT2D eigenvalue weighted by molar-refractivity contribution is 0.0696. The average Bonchev–Trinajstić information content (AvgIpc) is 2.93. The third kappa shape index (κ3) is 3.32. The zero-order valence-electron chi connectivity index (χ0n) is 12.4. The molecule has 1 aromatic rings. The van der Waals surface area contributed by atoms with Crippen LogP contribution in [0.15, 0.2) is 18.5 Å². The monoisotopic (exact) mass is 291 g/mol. The molecule has 114 valence electrons. The number of rotatable bonds is 4. The second-order valence-corrected chi connectivity index (χ2v) is 5.58. The number of pyridine rings is 1. The van der Waals surface area contributed by atoms with Crippen molar-refractivity contribution in [1.29, 1.82) is 0 Å². The Kier molecular flexibility index (Phi) is 4.45. The van der Waals surface area contributed by atoms with Gasteiger partial charge in [0.1, 0.15) is 0 Å². The number of hydrogen-bond donors (Lipinski definition) is 2. The first-order chi connectivity index (χ1) is 9.99. The van der Waals surface area contributed by atoms with Crippen molar-refractivity contribution >= 4 is 17.7 Å².